The molecule has 0 aliphatic heterocycles. The summed E-state index contributed by atoms with van der Waals surface area (Å²) in [6.07, 6.45) is 10.2. The summed E-state index contributed by atoms with van der Waals surface area (Å²) in [5.41, 5.74) is 2.33. The SMILES string of the molecule is CC(=O)OCC(C#N)=C1CC[C@H]2[C@@H]3CC[C@H]4C[C@@H](OC(C)=O)CC[C@]4(C)[C@H]3CC[C@]12C. The maximum atomic E-state index is 11.5. The fourth-order valence-electron chi connectivity index (χ4n) is 8.23. The summed E-state index contributed by atoms with van der Waals surface area (Å²) in [6, 6.07) is 2.36. The normalized spacial score (nSPS) is 43.0. The van der Waals surface area contributed by atoms with E-state index in [9.17, 15) is 14.9 Å². The zero-order valence-electron chi connectivity index (χ0n) is 19.5. The highest BCUT2D eigenvalue weighted by molar-refractivity contribution is 5.66. The van der Waals surface area contributed by atoms with Crippen molar-refractivity contribution in [1.82, 2.24) is 0 Å². The Labute approximate surface area is 186 Å². The van der Waals surface area contributed by atoms with Crippen LogP contribution in [-0.2, 0) is 19.1 Å². The van der Waals surface area contributed by atoms with Gasteiger partial charge in [-0.15, -0.1) is 0 Å². The maximum absolute atomic E-state index is 11.5. The first-order chi connectivity index (χ1) is 14.7. The second-order valence-corrected chi connectivity index (χ2v) is 11.0. The van der Waals surface area contributed by atoms with Crippen molar-refractivity contribution in [3.05, 3.63) is 11.1 Å². The van der Waals surface area contributed by atoms with E-state index in [1.807, 2.05) is 0 Å². The molecule has 0 spiro atoms. The smallest absolute Gasteiger partial charge is 0.302 e. The number of carbonyl (C=O) groups is 2. The van der Waals surface area contributed by atoms with Gasteiger partial charge in [0.05, 0.1) is 11.6 Å². The van der Waals surface area contributed by atoms with Crippen LogP contribution in [0.25, 0.3) is 0 Å². The van der Waals surface area contributed by atoms with Crippen molar-refractivity contribution in [2.45, 2.75) is 91.6 Å². The minimum Gasteiger partial charge on any atom is -0.463 e. The Kier molecular flexibility index (Phi) is 5.96. The van der Waals surface area contributed by atoms with Gasteiger partial charge < -0.3 is 9.47 Å². The van der Waals surface area contributed by atoms with E-state index in [1.54, 1.807) is 0 Å². The summed E-state index contributed by atoms with van der Waals surface area (Å²) in [5.74, 6) is 2.21. The average molecular weight is 428 g/mol. The third-order valence-corrected chi connectivity index (χ3v) is 9.65. The first-order valence-electron chi connectivity index (χ1n) is 12.1. The molecule has 0 N–H and O–H groups in total. The minimum atomic E-state index is -0.327. The molecule has 0 aromatic heterocycles. The van der Waals surface area contributed by atoms with E-state index in [0.29, 0.717) is 28.7 Å². The zero-order valence-corrected chi connectivity index (χ0v) is 19.5. The summed E-state index contributed by atoms with van der Waals surface area (Å²) in [4.78, 5) is 22.8. The Bertz CT molecular complexity index is 826. The van der Waals surface area contributed by atoms with Gasteiger partial charge in [0.25, 0.3) is 0 Å². The highest BCUT2D eigenvalue weighted by Crippen LogP contribution is 2.67. The van der Waals surface area contributed by atoms with Crippen LogP contribution in [0, 0.1) is 45.8 Å². The van der Waals surface area contributed by atoms with Gasteiger partial charge in [0.2, 0.25) is 0 Å². The number of ether oxygens (including phenoxy) is 2. The number of carbonyl (C=O) groups excluding carboxylic acids is 2. The summed E-state index contributed by atoms with van der Waals surface area (Å²) < 4.78 is 10.8. The number of hydrogen-bond donors (Lipinski definition) is 0. The van der Waals surface area contributed by atoms with Crippen LogP contribution in [0.3, 0.4) is 0 Å². The molecule has 4 aliphatic carbocycles. The lowest BCUT2D eigenvalue weighted by Crippen LogP contribution is -2.53. The molecule has 4 fully saturated rings. The summed E-state index contributed by atoms with van der Waals surface area (Å²) in [5, 5.41) is 9.78. The maximum Gasteiger partial charge on any atom is 0.302 e. The standard InChI is InChI=1S/C26H37NO4/c1-16(28)30-15-18(14-27)22-7-8-23-21-6-5-19-13-20(31-17(2)29)9-11-25(19,3)24(21)10-12-26(22,23)4/h19-21,23-24H,5-13,15H2,1-4H3/t19-,20-,21-,23-,24-,25-,26+/m0/s1. The Balaban J connectivity index is 1.54. The molecular formula is C26H37NO4. The molecule has 5 heteroatoms. The quantitative estimate of drug-likeness (QED) is 0.448. The van der Waals surface area contributed by atoms with Crippen LogP contribution in [0.1, 0.15) is 85.5 Å². The van der Waals surface area contributed by atoms with E-state index in [-0.39, 0.29) is 30.1 Å². The minimum absolute atomic E-state index is 0.0600. The van der Waals surface area contributed by atoms with Crippen LogP contribution in [0.5, 0.6) is 0 Å². The number of esters is 2. The molecule has 31 heavy (non-hydrogen) atoms. The van der Waals surface area contributed by atoms with Gasteiger partial charge in [0, 0.05) is 13.8 Å². The first kappa shape index (κ1) is 22.4. The molecule has 0 aromatic carbocycles. The first-order valence-corrected chi connectivity index (χ1v) is 12.1. The number of fused-ring (bicyclic) bond motifs is 5. The predicted octanol–water partition coefficient (Wildman–Crippen LogP) is 5.34. The van der Waals surface area contributed by atoms with Gasteiger partial charge >= 0.3 is 11.9 Å². The van der Waals surface area contributed by atoms with Gasteiger partial charge in [-0.2, -0.15) is 5.26 Å². The fourth-order valence-corrected chi connectivity index (χ4v) is 8.23. The van der Waals surface area contributed by atoms with Gasteiger partial charge in [0.15, 0.2) is 0 Å². The summed E-state index contributed by atoms with van der Waals surface area (Å²) in [6.45, 7) is 7.92. The molecule has 0 amide bonds. The molecule has 0 aromatic rings. The highest BCUT2D eigenvalue weighted by atomic mass is 16.5. The van der Waals surface area contributed by atoms with Crippen molar-refractivity contribution < 1.29 is 19.1 Å². The molecule has 4 saturated carbocycles. The van der Waals surface area contributed by atoms with Crippen LogP contribution in [0.2, 0.25) is 0 Å². The molecular weight excluding hydrogens is 390 g/mol. The van der Waals surface area contributed by atoms with Crippen molar-refractivity contribution in [3.63, 3.8) is 0 Å². The molecule has 0 radical (unpaired) electrons. The molecule has 0 bridgehead atoms. The van der Waals surface area contributed by atoms with Crippen molar-refractivity contribution in [3.8, 4) is 6.07 Å². The molecule has 4 rings (SSSR count). The summed E-state index contributed by atoms with van der Waals surface area (Å²) in [7, 11) is 0. The van der Waals surface area contributed by atoms with E-state index < -0.39 is 0 Å². The van der Waals surface area contributed by atoms with Crippen LogP contribution in [0.15, 0.2) is 11.1 Å². The molecule has 170 valence electrons. The summed E-state index contributed by atoms with van der Waals surface area (Å²) >= 11 is 0. The second kappa shape index (κ2) is 8.26. The van der Waals surface area contributed by atoms with E-state index in [0.717, 1.165) is 44.4 Å². The van der Waals surface area contributed by atoms with Crippen molar-refractivity contribution in [2.75, 3.05) is 6.61 Å². The number of allylic oxidation sites excluding steroid dienone is 1. The van der Waals surface area contributed by atoms with Crippen molar-refractivity contribution in [1.29, 1.82) is 5.26 Å². The molecule has 5 nitrogen and oxygen atoms in total. The van der Waals surface area contributed by atoms with Gasteiger partial charge in [0.1, 0.15) is 12.7 Å². The number of rotatable bonds is 3. The Hall–Kier alpha value is -1.83. The number of nitrogens with zero attached hydrogens (tertiary/aromatic N) is 1. The number of hydrogen-bond acceptors (Lipinski definition) is 5. The van der Waals surface area contributed by atoms with Crippen LogP contribution in [-0.4, -0.2) is 24.6 Å². The Morgan fingerprint density at radius 1 is 1.03 bits per heavy atom. The van der Waals surface area contributed by atoms with Gasteiger partial charge in [-0.25, -0.2) is 0 Å². The Morgan fingerprint density at radius 2 is 1.81 bits per heavy atom. The second-order valence-electron chi connectivity index (χ2n) is 11.0. The molecule has 4 aliphatic rings. The molecule has 0 heterocycles. The fraction of sp³-hybridized carbons (Fsp3) is 0.808. The lowest BCUT2D eigenvalue weighted by Gasteiger charge is -2.60. The van der Waals surface area contributed by atoms with E-state index >= 15 is 0 Å². The average Bonchev–Trinajstić information content (AvgIpc) is 3.05. The lowest BCUT2D eigenvalue weighted by atomic mass is 9.45. The third-order valence-electron chi connectivity index (χ3n) is 9.65. The van der Waals surface area contributed by atoms with E-state index in [2.05, 4.69) is 19.9 Å². The van der Waals surface area contributed by atoms with Crippen LogP contribution < -0.4 is 0 Å². The van der Waals surface area contributed by atoms with Crippen molar-refractivity contribution in [2.24, 2.45) is 34.5 Å². The van der Waals surface area contributed by atoms with E-state index in [1.165, 1.54) is 38.7 Å². The third kappa shape index (κ3) is 3.81. The van der Waals surface area contributed by atoms with Crippen LogP contribution in [0.4, 0.5) is 0 Å². The predicted molar refractivity (Wildman–Crippen MR) is 117 cm³/mol. The lowest BCUT2D eigenvalue weighted by molar-refractivity contribution is -0.158. The molecule has 0 saturated heterocycles. The van der Waals surface area contributed by atoms with Gasteiger partial charge in [-0.3, -0.25) is 9.59 Å². The van der Waals surface area contributed by atoms with Crippen LogP contribution >= 0.6 is 0 Å². The van der Waals surface area contributed by atoms with E-state index in [4.69, 9.17) is 9.47 Å². The van der Waals surface area contributed by atoms with Gasteiger partial charge in [-0.05, 0) is 97.9 Å². The topological polar surface area (TPSA) is 76.4 Å². The zero-order chi connectivity index (χ0) is 22.4. The molecule has 0 unspecified atom stereocenters. The monoisotopic (exact) mass is 427 g/mol. The molecule has 7 atom stereocenters. The highest BCUT2D eigenvalue weighted by Gasteiger charge is 2.59. The Morgan fingerprint density at radius 3 is 2.48 bits per heavy atom. The largest absolute Gasteiger partial charge is 0.463 e. The van der Waals surface area contributed by atoms with Crippen molar-refractivity contribution >= 4 is 11.9 Å². The van der Waals surface area contributed by atoms with Gasteiger partial charge in [-0.1, -0.05) is 13.8 Å². The number of nitriles is 1.